The van der Waals surface area contributed by atoms with Crippen molar-refractivity contribution in [2.45, 2.75) is 38.7 Å². The zero-order valence-corrected chi connectivity index (χ0v) is 16.2. The molecule has 0 N–H and O–H groups in total. The van der Waals surface area contributed by atoms with Gasteiger partial charge in [0.1, 0.15) is 6.10 Å². The van der Waals surface area contributed by atoms with E-state index in [1.165, 1.54) is 12.8 Å². The predicted molar refractivity (Wildman–Crippen MR) is 98.5 cm³/mol. The second-order valence-corrected chi connectivity index (χ2v) is 7.44. The molecule has 0 radical (unpaired) electrons. The van der Waals surface area contributed by atoms with Crippen molar-refractivity contribution in [1.82, 2.24) is 14.7 Å². The third-order valence-corrected chi connectivity index (χ3v) is 4.82. The largest absolute Gasteiger partial charge is 0.470 e. The Labute approximate surface area is 151 Å². The number of unbranched alkanes of at least 4 members (excludes halogenated alkanes) is 1. The third-order valence-electron chi connectivity index (χ3n) is 4.82. The molecular formula is C18H34N4O3. The Bertz CT molecular complexity index is 456. The molecule has 0 aliphatic carbocycles. The molecule has 1 saturated heterocycles. The van der Waals surface area contributed by atoms with E-state index in [1.807, 2.05) is 0 Å². The van der Waals surface area contributed by atoms with Crippen LogP contribution in [0.4, 0.5) is 0 Å². The number of carbonyl (C=O) groups excluding carboxylic acids is 1. The van der Waals surface area contributed by atoms with Crippen molar-refractivity contribution >= 4 is 11.8 Å². The standard InChI is InChI=1S/C18H34N4O3/c1-5-6-9-21(4)12-16-14-24-19-18(25-16)15-8-7-10-22(11-15)13-17(23)20(2)3/h15-16H,5-14H2,1-4H3. The minimum Gasteiger partial charge on any atom is -0.470 e. The number of piperidine rings is 1. The molecule has 0 saturated carbocycles. The van der Waals surface area contributed by atoms with E-state index in [9.17, 15) is 4.79 Å². The monoisotopic (exact) mass is 354 g/mol. The summed E-state index contributed by atoms with van der Waals surface area (Å²) in [5.41, 5.74) is 0. The van der Waals surface area contributed by atoms with E-state index < -0.39 is 0 Å². The van der Waals surface area contributed by atoms with Crippen molar-refractivity contribution in [1.29, 1.82) is 0 Å². The van der Waals surface area contributed by atoms with Crippen LogP contribution < -0.4 is 0 Å². The number of nitrogens with zero attached hydrogens (tertiary/aromatic N) is 4. The van der Waals surface area contributed by atoms with Crippen LogP contribution in [0.5, 0.6) is 0 Å². The quantitative estimate of drug-likeness (QED) is 0.657. The van der Waals surface area contributed by atoms with Crippen molar-refractivity contribution in [3.63, 3.8) is 0 Å². The van der Waals surface area contributed by atoms with Crippen molar-refractivity contribution in [2.75, 3.05) is 60.5 Å². The first kappa shape index (κ1) is 20.0. The fraction of sp³-hybridized carbons (Fsp3) is 0.889. The molecule has 0 aromatic rings. The summed E-state index contributed by atoms with van der Waals surface area (Å²) >= 11 is 0. The van der Waals surface area contributed by atoms with Gasteiger partial charge in [-0.25, -0.2) is 0 Å². The van der Waals surface area contributed by atoms with Gasteiger partial charge in [-0.3, -0.25) is 9.69 Å². The zero-order valence-electron chi connectivity index (χ0n) is 16.2. The van der Waals surface area contributed by atoms with E-state index in [0.29, 0.717) is 19.0 Å². The number of hydrogen-bond donors (Lipinski definition) is 0. The Balaban J connectivity index is 1.83. The molecule has 0 aromatic heterocycles. The first-order chi connectivity index (χ1) is 12.0. The number of amides is 1. The summed E-state index contributed by atoms with van der Waals surface area (Å²) in [5.74, 6) is 1.06. The van der Waals surface area contributed by atoms with Gasteiger partial charge >= 0.3 is 0 Å². The van der Waals surface area contributed by atoms with Gasteiger partial charge in [-0.15, -0.1) is 0 Å². The fourth-order valence-corrected chi connectivity index (χ4v) is 3.27. The molecule has 2 heterocycles. The van der Waals surface area contributed by atoms with Crippen LogP contribution in [0.2, 0.25) is 0 Å². The maximum atomic E-state index is 11.9. The van der Waals surface area contributed by atoms with Crippen LogP contribution in [0.3, 0.4) is 0 Å². The van der Waals surface area contributed by atoms with Crippen LogP contribution in [-0.4, -0.2) is 93.1 Å². The van der Waals surface area contributed by atoms with Crippen LogP contribution in [0, 0.1) is 5.92 Å². The van der Waals surface area contributed by atoms with Crippen LogP contribution in [0.15, 0.2) is 5.16 Å². The lowest BCUT2D eigenvalue weighted by atomic mass is 9.97. The van der Waals surface area contributed by atoms with Crippen LogP contribution in [0.25, 0.3) is 0 Å². The van der Waals surface area contributed by atoms with Gasteiger partial charge in [0.15, 0.2) is 6.61 Å². The number of rotatable bonds is 8. The maximum Gasteiger partial charge on any atom is 0.236 e. The molecular weight excluding hydrogens is 320 g/mol. The molecule has 0 aromatic carbocycles. The molecule has 0 bridgehead atoms. The minimum absolute atomic E-state index is 0.0353. The lowest BCUT2D eigenvalue weighted by Crippen LogP contribution is -2.46. The highest BCUT2D eigenvalue weighted by Gasteiger charge is 2.31. The smallest absolute Gasteiger partial charge is 0.236 e. The van der Waals surface area contributed by atoms with Gasteiger partial charge in [-0.1, -0.05) is 18.5 Å². The van der Waals surface area contributed by atoms with E-state index in [-0.39, 0.29) is 17.9 Å². The molecule has 144 valence electrons. The van der Waals surface area contributed by atoms with Gasteiger partial charge in [0.2, 0.25) is 11.8 Å². The third kappa shape index (κ3) is 6.47. The number of likely N-dealkylation sites (N-methyl/N-ethyl adjacent to an activating group) is 2. The summed E-state index contributed by atoms with van der Waals surface area (Å²) in [5, 5.41) is 4.18. The van der Waals surface area contributed by atoms with Crippen molar-refractivity contribution in [3.8, 4) is 0 Å². The zero-order chi connectivity index (χ0) is 18.2. The number of oxime groups is 1. The van der Waals surface area contributed by atoms with Crippen LogP contribution in [-0.2, 0) is 14.4 Å². The molecule has 2 unspecified atom stereocenters. The van der Waals surface area contributed by atoms with Crippen LogP contribution in [0.1, 0.15) is 32.6 Å². The SMILES string of the molecule is CCCCN(C)CC1CON=C(C2CCCN(CC(=O)N(C)C)C2)O1. The van der Waals surface area contributed by atoms with Gasteiger partial charge < -0.3 is 19.4 Å². The van der Waals surface area contributed by atoms with Gasteiger partial charge in [0, 0.05) is 27.2 Å². The van der Waals surface area contributed by atoms with Gasteiger partial charge in [0.25, 0.3) is 0 Å². The Morgan fingerprint density at radius 3 is 2.88 bits per heavy atom. The normalized spacial score (nSPS) is 24.4. The predicted octanol–water partition coefficient (Wildman–Crippen LogP) is 1.25. The van der Waals surface area contributed by atoms with E-state index >= 15 is 0 Å². The molecule has 2 atom stereocenters. The highest BCUT2D eigenvalue weighted by molar-refractivity contribution is 5.80. The summed E-state index contributed by atoms with van der Waals surface area (Å²) in [4.78, 5) is 23.5. The second kappa shape index (κ2) is 9.97. The molecule has 2 aliphatic heterocycles. The molecule has 2 aliphatic rings. The van der Waals surface area contributed by atoms with Gasteiger partial charge in [0.05, 0.1) is 12.5 Å². The summed E-state index contributed by atoms with van der Waals surface area (Å²) in [6.07, 6.45) is 4.51. The summed E-state index contributed by atoms with van der Waals surface area (Å²) < 4.78 is 6.14. The second-order valence-electron chi connectivity index (χ2n) is 7.44. The fourth-order valence-electron chi connectivity index (χ4n) is 3.27. The average Bonchev–Trinajstić information content (AvgIpc) is 2.60. The highest BCUT2D eigenvalue weighted by Crippen LogP contribution is 2.21. The minimum atomic E-state index is 0.0353. The molecule has 25 heavy (non-hydrogen) atoms. The Kier molecular flexibility index (Phi) is 7.96. The first-order valence-corrected chi connectivity index (χ1v) is 9.47. The van der Waals surface area contributed by atoms with E-state index in [0.717, 1.165) is 39.0 Å². The van der Waals surface area contributed by atoms with Crippen LogP contribution >= 0.6 is 0 Å². The van der Waals surface area contributed by atoms with Gasteiger partial charge in [-0.2, -0.15) is 0 Å². The van der Waals surface area contributed by atoms with E-state index in [4.69, 9.17) is 9.57 Å². The Morgan fingerprint density at radius 2 is 2.16 bits per heavy atom. The summed E-state index contributed by atoms with van der Waals surface area (Å²) in [6.45, 7) is 6.86. The van der Waals surface area contributed by atoms with Crippen molar-refractivity contribution in [3.05, 3.63) is 0 Å². The molecule has 0 spiro atoms. The molecule has 1 amide bonds. The maximum absolute atomic E-state index is 11.9. The van der Waals surface area contributed by atoms with E-state index in [2.05, 4.69) is 28.9 Å². The highest BCUT2D eigenvalue weighted by atomic mass is 16.7. The number of ether oxygens (including phenoxy) is 1. The topological polar surface area (TPSA) is 57.6 Å². The van der Waals surface area contributed by atoms with Gasteiger partial charge in [-0.05, 0) is 39.4 Å². The molecule has 2 rings (SSSR count). The summed E-state index contributed by atoms with van der Waals surface area (Å²) in [7, 11) is 5.72. The Morgan fingerprint density at radius 1 is 1.36 bits per heavy atom. The molecule has 7 nitrogen and oxygen atoms in total. The average molecular weight is 354 g/mol. The number of likely N-dealkylation sites (tertiary alicyclic amines) is 1. The lowest BCUT2D eigenvalue weighted by molar-refractivity contribution is -0.130. The van der Waals surface area contributed by atoms with Crippen molar-refractivity contribution < 1.29 is 14.4 Å². The lowest BCUT2D eigenvalue weighted by Gasteiger charge is -2.35. The van der Waals surface area contributed by atoms with E-state index in [1.54, 1.807) is 19.0 Å². The first-order valence-electron chi connectivity index (χ1n) is 9.47. The summed E-state index contributed by atoms with van der Waals surface area (Å²) in [6, 6.07) is 0. The molecule has 1 fully saturated rings. The van der Waals surface area contributed by atoms with Crippen molar-refractivity contribution in [2.24, 2.45) is 11.1 Å². The number of carbonyl (C=O) groups is 1. The molecule has 7 heteroatoms. The number of hydrogen-bond acceptors (Lipinski definition) is 6. The Hall–Kier alpha value is -1.34.